The third-order valence-electron chi connectivity index (χ3n) is 5.37. The molecule has 0 spiro atoms. The van der Waals surface area contributed by atoms with Crippen molar-refractivity contribution in [3.63, 3.8) is 0 Å². The lowest BCUT2D eigenvalue weighted by Crippen LogP contribution is -2.10. The first-order valence-electron chi connectivity index (χ1n) is 9.99. The van der Waals surface area contributed by atoms with Crippen LogP contribution in [-0.4, -0.2) is 15.1 Å². The largest absolute Gasteiger partial charge is 0.474 e. The van der Waals surface area contributed by atoms with Gasteiger partial charge >= 0.3 is 0 Å². The zero-order valence-corrected chi connectivity index (χ0v) is 17.9. The number of imidazole rings is 1. The molecule has 0 N–H and O–H groups in total. The van der Waals surface area contributed by atoms with Crippen LogP contribution in [0.2, 0.25) is 5.02 Å². The van der Waals surface area contributed by atoms with Crippen LogP contribution < -0.4 is 4.74 Å². The molecule has 3 nitrogen and oxygen atoms in total. The van der Waals surface area contributed by atoms with E-state index >= 15 is 0 Å². The molecule has 0 bridgehead atoms. The molecule has 31 heavy (non-hydrogen) atoms. The van der Waals surface area contributed by atoms with E-state index in [2.05, 4.69) is 4.98 Å². The number of fused-ring (bicyclic) bond motifs is 1. The van der Waals surface area contributed by atoms with E-state index in [9.17, 15) is 8.78 Å². The number of halogens is 4. The van der Waals surface area contributed by atoms with E-state index in [1.165, 1.54) is 6.07 Å². The van der Waals surface area contributed by atoms with Crippen molar-refractivity contribution < 1.29 is 13.5 Å². The van der Waals surface area contributed by atoms with Crippen molar-refractivity contribution >= 4 is 34.2 Å². The smallest absolute Gasteiger partial charge is 0.175 e. The van der Waals surface area contributed by atoms with Crippen LogP contribution in [0.5, 0.6) is 5.75 Å². The summed E-state index contributed by atoms with van der Waals surface area (Å²) in [6, 6.07) is 17.1. The fourth-order valence-electron chi connectivity index (χ4n) is 3.59. The number of benzene rings is 3. The van der Waals surface area contributed by atoms with Crippen LogP contribution in [-0.2, 0) is 6.54 Å². The fourth-order valence-corrected chi connectivity index (χ4v) is 4.15. The van der Waals surface area contributed by atoms with Gasteiger partial charge in [0.15, 0.2) is 17.2 Å². The highest BCUT2D eigenvalue weighted by molar-refractivity contribution is 6.30. The molecule has 0 amide bonds. The van der Waals surface area contributed by atoms with Crippen molar-refractivity contribution in [3.05, 3.63) is 82.9 Å². The Morgan fingerprint density at radius 1 is 1.03 bits per heavy atom. The highest BCUT2D eigenvalue weighted by atomic mass is 35.5. The number of alkyl halides is 1. The maximum absolute atomic E-state index is 14.0. The third kappa shape index (κ3) is 4.25. The van der Waals surface area contributed by atoms with Gasteiger partial charge in [-0.25, -0.2) is 13.8 Å². The average molecular weight is 459 g/mol. The minimum atomic E-state index is -0.927. The van der Waals surface area contributed by atoms with Crippen LogP contribution in [0, 0.1) is 17.6 Å². The van der Waals surface area contributed by atoms with Crippen molar-refractivity contribution in [2.24, 2.45) is 5.92 Å². The second-order valence-corrected chi connectivity index (χ2v) is 8.60. The minimum Gasteiger partial charge on any atom is -0.474 e. The summed E-state index contributed by atoms with van der Waals surface area (Å²) in [4.78, 5) is 4.59. The maximum Gasteiger partial charge on any atom is 0.175 e. The van der Waals surface area contributed by atoms with E-state index in [1.807, 2.05) is 47.0 Å². The molecule has 1 unspecified atom stereocenters. The van der Waals surface area contributed by atoms with Gasteiger partial charge in [0.05, 0.1) is 11.0 Å². The predicted octanol–water partition coefficient (Wildman–Crippen LogP) is 7.04. The van der Waals surface area contributed by atoms with Gasteiger partial charge in [0.2, 0.25) is 0 Å². The first-order valence-corrected chi connectivity index (χ1v) is 10.8. The molecule has 0 aliphatic heterocycles. The molecule has 1 saturated carbocycles. The highest BCUT2D eigenvalue weighted by Crippen LogP contribution is 2.37. The summed E-state index contributed by atoms with van der Waals surface area (Å²) in [6.07, 6.45) is 2.18. The number of ether oxygens (including phenoxy) is 1. The summed E-state index contributed by atoms with van der Waals surface area (Å²) in [6.45, 7) is 0.404. The van der Waals surface area contributed by atoms with Crippen LogP contribution in [0.3, 0.4) is 0 Å². The standard InChI is InChI=1S/C24H18Cl2F2N2O/c25-17-3-1-2-14(10-17)13-30-22-12-20(28)19(27)11-21(22)29-24(30)16-6-8-18(9-7-16)31-23(26)15-4-5-15/h1-3,6-12,15,23H,4-5,13H2. The Labute approximate surface area is 188 Å². The Morgan fingerprint density at radius 2 is 1.77 bits per heavy atom. The molecule has 0 radical (unpaired) electrons. The maximum atomic E-state index is 14.0. The van der Waals surface area contributed by atoms with E-state index in [0.29, 0.717) is 40.1 Å². The molecule has 1 aromatic heterocycles. The van der Waals surface area contributed by atoms with E-state index in [0.717, 1.165) is 30.0 Å². The van der Waals surface area contributed by atoms with Gasteiger partial charge in [-0.3, -0.25) is 0 Å². The van der Waals surface area contributed by atoms with E-state index in [1.54, 1.807) is 6.07 Å². The van der Waals surface area contributed by atoms with Gasteiger partial charge in [-0.1, -0.05) is 35.3 Å². The molecular formula is C24H18Cl2F2N2O. The second-order valence-electron chi connectivity index (χ2n) is 7.74. The summed E-state index contributed by atoms with van der Waals surface area (Å²) < 4.78 is 35.5. The van der Waals surface area contributed by atoms with Crippen molar-refractivity contribution in [1.82, 2.24) is 9.55 Å². The predicted molar refractivity (Wildman–Crippen MR) is 119 cm³/mol. The van der Waals surface area contributed by atoms with Crippen molar-refractivity contribution in [1.29, 1.82) is 0 Å². The van der Waals surface area contributed by atoms with Gasteiger partial charge < -0.3 is 9.30 Å². The Kier molecular flexibility index (Phi) is 5.32. The molecule has 158 valence electrons. The lowest BCUT2D eigenvalue weighted by atomic mass is 10.2. The van der Waals surface area contributed by atoms with Crippen LogP contribution in [0.4, 0.5) is 8.78 Å². The Hall–Kier alpha value is -2.63. The summed E-state index contributed by atoms with van der Waals surface area (Å²) in [5, 5.41) is 0.605. The normalized spacial score (nSPS) is 14.7. The molecule has 7 heteroatoms. The summed E-state index contributed by atoms with van der Waals surface area (Å²) >= 11 is 12.4. The van der Waals surface area contributed by atoms with E-state index in [4.69, 9.17) is 27.9 Å². The molecule has 4 aromatic rings. The lowest BCUT2D eigenvalue weighted by molar-refractivity contribution is 0.258. The molecule has 1 aliphatic carbocycles. The molecular weight excluding hydrogens is 441 g/mol. The van der Waals surface area contributed by atoms with Gasteiger partial charge in [-0.15, -0.1) is 0 Å². The van der Waals surface area contributed by atoms with Crippen LogP contribution >= 0.6 is 23.2 Å². The third-order valence-corrected chi connectivity index (χ3v) is 6.05. The fraction of sp³-hybridized carbons (Fsp3) is 0.208. The van der Waals surface area contributed by atoms with Gasteiger partial charge in [0.25, 0.3) is 0 Å². The topological polar surface area (TPSA) is 27.1 Å². The highest BCUT2D eigenvalue weighted by Gasteiger charge is 2.31. The molecule has 1 aliphatic rings. The first-order chi connectivity index (χ1) is 15.0. The molecule has 0 saturated heterocycles. The van der Waals surface area contributed by atoms with E-state index < -0.39 is 11.6 Å². The van der Waals surface area contributed by atoms with Crippen LogP contribution in [0.15, 0.2) is 60.7 Å². The number of hydrogen-bond donors (Lipinski definition) is 0. The van der Waals surface area contributed by atoms with Crippen LogP contribution in [0.25, 0.3) is 22.4 Å². The lowest BCUT2D eigenvalue weighted by Gasteiger charge is -2.13. The van der Waals surface area contributed by atoms with Crippen molar-refractivity contribution in [2.45, 2.75) is 24.9 Å². The van der Waals surface area contributed by atoms with Gasteiger partial charge in [0.1, 0.15) is 11.6 Å². The zero-order valence-electron chi connectivity index (χ0n) is 16.4. The molecule has 1 atom stereocenters. The number of hydrogen-bond acceptors (Lipinski definition) is 2. The van der Waals surface area contributed by atoms with Gasteiger partial charge in [-0.05, 0) is 54.8 Å². The molecule has 3 aromatic carbocycles. The number of nitrogens with zero attached hydrogens (tertiary/aromatic N) is 2. The van der Waals surface area contributed by atoms with Gasteiger partial charge in [-0.2, -0.15) is 0 Å². The SMILES string of the molecule is Fc1cc2nc(-c3ccc(OC(Cl)C4CC4)cc3)n(Cc3cccc(Cl)c3)c2cc1F. The van der Waals surface area contributed by atoms with Crippen molar-refractivity contribution in [3.8, 4) is 17.1 Å². The average Bonchev–Trinajstić information content (AvgIpc) is 3.55. The number of aromatic nitrogens is 2. The van der Waals surface area contributed by atoms with Crippen LogP contribution in [0.1, 0.15) is 18.4 Å². The molecule has 1 heterocycles. The quantitative estimate of drug-likeness (QED) is 0.289. The minimum absolute atomic E-state index is 0.329. The molecule has 5 rings (SSSR count). The Morgan fingerprint density at radius 3 is 2.48 bits per heavy atom. The molecule has 1 fully saturated rings. The summed E-state index contributed by atoms with van der Waals surface area (Å²) in [7, 11) is 0. The van der Waals surface area contributed by atoms with E-state index in [-0.39, 0.29) is 5.56 Å². The Balaban J connectivity index is 1.55. The van der Waals surface area contributed by atoms with Gasteiger partial charge in [0, 0.05) is 35.2 Å². The summed E-state index contributed by atoms with van der Waals surface area (Å²) in [5.41, 5.74) is 2.27. The zero-order chi connectivity index (χ0) is 21.5. The number of rotatable bonds is 6. The second kappa shape index (κ2) is 8.13. The first kappa shape index (κ1) is 20.3. The summed E-state index contributed by atoms with van der Waals surface area (Å²) in [5.74, 6) is -0.166. The Bertz CT molecular complexity index is 1250. The van der Waals surface area contributed by atoms with Crippen molar-refractivity contribution in [2.75, 3.05) is 0 Å². The monoisotopic (exact) mass is 458 g/mol.